The molecule has 1 amide bonds. The standard InChI is InChI=1S/C14H20BrN3O2/c1-16-14(19)13-8-17-5-6-18(13)9-10-7-11(20-2)3-4-12(10)15/h3-4,7,13,17H,5-6,8-9H2,1-2H3,(H,16,19). The zero-order valence-corrected chi connectivity index (χ0v) is 13.4. The van der Waals surface area contributed by atoms with Gasteiger partial charge in [0.25, 0.3) is 0 Å². The first-order valence-corrected chi connectivity index (χ1v) is 7.43. The molecule has 0 radical (unpaired) electrons. The Morgan fingerprint density at radius 3 is 3.10 bits per heavy atom. The van der Waals surface area contributed by atoms with Gasteiger partial charge in [-0.05, 0) is 23.8 Å². The molecule has 5 nitrogen and oxygen atoms in total. The highest BCUT2D eigenvalue weighted by Crippen LogP contribution is 2.24. The molecule has 2 N–H and O–H groups in total. The lowest BCUT2D eigenvalue weighted by Crippen LogP contribution is -2.56. The third-order valence-corrected chi connectivity index (χ3v) is 4.30. The minimum Gasteiger partial charge on any atom is -0.497 e. The first-order chi connectivity index (χ1) is 9.65. The van der Waals surface area contributed by atoms with Crippen LogP contribution >= 0.6 is 15.9 Å². The molecule has 1 atom stereocenters. The van der Waals surface area contributed by atoms with Crippen LogP contribution in [0.5, 0.6) is 5.75 Å². The van der Waals surface area contributed by atoms with E-state index in [0.29, 0.717) is 6.54 Å². The maximum atomic E-state index is 11.9. The molecule has 6 heteroatoms. The summed E-state index contributed by atoms with van der Waals surface area (Å²) in [5.41, 5.74) is 1.13. The molecule has 1 heterocycles. The van der Waals surface area contributed by atoms with Gasteiger partial charge in [-0.1, -0.05) is 15.9 Å². The van der Waals surface area contributed by atoms with Gasteiger partial charge in [0.05, 0.1) is 7.11 Å². The Labute approximate surface area is 127 Å². The van der Waals surface area contributed by atoms with Gasteiger partial charge in [0.2, 0.25) is 5.91 Å². The van der Waals surface area contributed by atoms with Gasteiger partial charge < -0.3 is 15.4 Å². The Kier molecular flexibility index (Phi) is 5.39. The van der Waals surface area contributed by atoms with Crippen molar-refractivity contribution in [1.29, 1.82) is 0 Å². The van der Waals surface area contributed by atoms with E-state index in [1.54, 1.807) is 14.2 Å². The highest BCUT2D eigenvalue weighted by atomic mass is 79.9. The molecule has 1 aliphatic heterocycles. The average Bonchev–Trinajstić information content (AvgIpc) is 2.49. The SMILES string of the molecule is CNC(=O)C1CNCCN1Cc1cc(OC)ccc1Br. The number of benzene rings is 1. The van der Waals surface area contributed by atoms with Gasteiger partial charge in [0.15, 0.2) is 0 Å². The minimum absolute atomic E-state index is 0.0521. The monoisotopic (exact) mass is 341 g/mol. The number of carbonyl (C=O) groups excluding carboxylic acids is 1. The number of hydrogen-bond acceptors (Lipinski definition) is 4. The van der Waals surface area contributed by atoms with E-state index in [-0.39, 0.29) is 11.9 Å². The molecule has 1 aromatic carbocycles. The van der Waals surface area contributed by atoms with E-state index in [0.717, 1.165) is 35.4 Å². The molecular weight excluding hydrogens is 322 g/mol. The van der Waals surface area contributed by atoms with Crippen LogP contribution in [0.1, 0.15) is 5.56 Å². The number of amides is 1. The van der Waals surface area contributed by atoms with E-state index >= 15 is 0 Å². The summed E-state index contributed by atoms with van der Waals surface area (Å²) >= 11 is 3.56. The lowest BCUT2D eigenvalue weighted by atomic mass is 10.1. The minimum atomic E-state index is -0.133. The molecule has 0 aromatic heterocycles. The van der Waals surface area contributed by atoms with E-state index in [4.69, 9.17) is 4.74 Å². The number of halogens is 1. The highest BCUT2D eigenvalue weighted by molar-refractivity contribution is 9.10. The number of likely N-dealkylation sites (N-methyl/N-ethyl adjacent to an activating group) is 1. The van der Waals surface area contributed by atoms with Crippen LogP contribution in [0.3, 0.4) is 0 Å². The number of piperazine rings is 1. The molecule has 1 saturated heterocycles. The number of rotatable bonds is 4. The van der Waals surface area contributed by atoms with Crippen molar-refractivity contribution in [2.24, 2.45) is 0 Å². The van der Waals surface area contributed by atoms with Gasteiger partial charge in [-0.25, -0.2) is 0 Å². The molecule has 110 valence electrons. The van der Waals surface area contributed by atoms with E-state index in [2.05, 4.69) is 31.5 Å². The van der Waals surface area contributed by atoms with E-state index in [9.17, 15) is 4.79 Å². The molecule has 0 saturated carbocycles. The normalized spacial score (nSPS) is 19.6. The van der Waals surface area contributed by atoms with Crippen LogP contribution in [-0.4, -0.2) is 50.6 Å². The average molecular weight is 342 g/mol. The highest BCUT2D eigenvalue weighted by Gasteiger charge is 2.28. The zero-order chi connectivity index (χ0) is 14.5. The predicted molar refractivity (Wildman–Crippen MR) is 81.8 cm³/mol. The quantitative estimate of drug-likeness (QED) is 0.857. The summed E-state index contributed by atoms with van der Waals surface area (Å²) in [6.07, 6.45) is 0. The van der Waals surface area contributed by atoms with Crippen LogP contribution in [0.2, 0.25) is 0 Å². The van der Waals surface area contributed by atoms with Gasteiger partial charge in [-0.2, -0.15) is 0 Å². The van der Waals surface area contributed by atoms with Crippen molar-refractivity contribution in [2.45, 2.75) is 12.6 Å². The Bertz CT molecular complexity index is 481. The molecule has 2 rings (SSSR count). The molecule has 1 unspecified atom stereocenters. The van der Waals surface area contributed by atoms with Gasteiger partial charge in [0.1, 0.15) is 11.8 Å². The molecule has 0 aliphatic carbocycles. The van der Waals surface area contributed by atoms with E-state index in [1.807, 2.05) is 18.2 Å². The number of nitrogens with one attached hydrogen (secondary N) is 2. The summed E-state index contributed by atoms with van der Waals surface area (Å²) in [6.45, 7) is 3.15. The van der Waals surface area contributed by atoms with Gasteiger partial charge in [-0.15, -0.1) is 0 Å². The van der Waals surface area contributed by atoms with Crippen LogP contribution in [0.25, 0.3) is 0 Å². The topological polar surface area (TPSA) is 53.6 Å². The molecule has 1 aromatic rings. The summed E-state index contributed by atoms with van der Waals surface area (Å²) in [6, 6.07) is 5.77. The Morgan fingerprint density at radius 1 is 1.60 bits per heavy atom. The largest absolute Gasteiger partial charge is 0.497 e. The summed E-state index contributed by atoms with van der Waals surface area (Å²) in [5, 5.41) is 5.99. The number of hydrogen-bond donors (Lipinski definition) is 2. The van der Waals surface area contributed by atoms with Crippen molar-refractivity contribution in [3.05, 3.63) is 28.2 Å². The van der Waals surface area contributed by atoms with Crippen molar-refractivity contribution in [2.75, 3.05) is 33.8 Å². The summed E-state index contributed by atoms with van der Waals surface area (Å²) in [5.74, 6) is 0.881. The Balaban J connectivity index is 2.16. The second-order valence-corrected chi connectivity index (χ2v) is 5.62. The Hall–Kier alpha value is -1.11. The van der Waals surface area contributed by atoms with E-state index in [1.165, 1.54) is 0 Å². The molecule has 1 fully saturated rings. The fourth-order valence-corrected chi connectivity index (χ4v) is 2.75. The van der Waals surface area contributed by atoms with Crippen LogP contribution < -0.4 is 15.4 Å². The first kappa shape index (κ1) is 15.3. The number of ether oxygens (including phenoxy) is 1. The molecule has 20 heavy (non-hydrogen) atoms. The third kappa shape index (κ3) is 3.50. The maximum Gasteiger partial charge on any atom is 0.238 e. The molecule has 0 spiro atoms. The summed E-state index contributed by atoms with van der Waals surface area (Å²) in [4.78, 5) is 14.1. The van der Waals surface area contributed by atoms with Crippen molar-refractivity contribution in [1.82, 2.24) is 15.5 Å². The smallest absolute Gasteiger partial charge is 0.238 e. The van der Waals surface area contributed by atoms with Crippen molar-refractivity contribution < 1.29 is 9.53 Å². The lowest BCUT2D eigenvalue weighted by Gasteiger charge is -2.35. The summed E-state index contributed by atoms with van der Waals surface area (Å²) < 4.78 is 6.30. The van der Waals surface area contributed by atoms with Gasteiger partial charge in [-0.3, -0.25) is 9.69 Å². The maximum absolute atomic E-state index is 11.9. The number of methoxy groups -OCH3 is 1. The molecule has 0 bridgehead atoms. The second-order valence-electron chi connectivity index (χ2n) is 4.76. The van der Waals surface area contributed by atoms with Crippen molar-refractivity contribution in [3.8, 4) is 5.75 Å². The third-order valence-electron chi connectivity index (χ3n) is 3.53. The molecule has 1 aliphatic rings. The van der Waals surface area contributed by atoms with Crippen LogP contribution in [0, 0.1) is 0 Å². The number of nitrogens with zero attached hydrogens (tertiary/aromatic N) is 1. The van der Waals surface area contributed by atoms with Crippen molar-refractivity contribution >= 4 is 21.8 Å². The number of carbonyl (C=O) groups is 1. The first-order valence-electron chi connectivity index (χ1n) is 6.64. The van der Waals surface area contributed by atoms with E-state index < -0.39 is 0 Å². The Morgan fingerprint density at radius 2 is 2.40 bits per heavy atom. The predicted octanol–water partition coefficient (Wildman–Crippen LogP) is 0.978. The van der Waals surface area contributed by atoms with Gasteiger partial charge in [0, 0.05) is 37.7 Å². The zero-order valence-electron chi connectivity index (χ0n) is 11.8. The fraction of sp³-hybridized carbons (Fsp3) is 0.500. The van der Waals surface area contributed by atoms with Crippen LogP contribution in [0.4, 0.5) is 0 Å². The second kappa shape index (κ2) is 7.06. The van der Waals surface area contributed by atoms with Crippen molar-refractivity contribution in [3.63, 3.8) is 0 Å². The molecular formula is C14H20BrN3O2. The van der Waals surface area contributed by atoms with Crippen LogP contribution in [-0.2, 0) is 11.3 Å². The lowest BCUT2D eigenvalue weighted by molar-refractivity contribution is -0.126. The summed E-state index contributed by atoms with van der Waals surface area (Å²) in [7, 11) is 3.34. The fourth-order valence-electron chi connectivity index (χ4n) is 2.38. The van der Waals surface area contributed by atoms with Gasteiger partial charge >= 0.3 is 0 Å². The van der Waals surface area contributed by atoms with Crippen LogP contribution in [0.15, 0.2) is 22.7 Å².